The van der Waals surface area contributed by atoms with E-state index in [1.807, 2.05) is 18.7 Å². The molecule has 1 atom stereocenters. The van der Waals surface area contributed by atoms with Crippen LogP contribution < -0.4 is 5.32 Å². The molecule has 1 aromatic heterocycles. The summed E-state index contributed by atoms with van der Waals surface area (Å²) < 4.78 is 0. The van der Waals surface area contributed by atoms with Gasteiger partial charge in [0, 0.05) is 44.3 Å². The van der Waals surface area contributed by atoms with Crippen LogP contribution in [0.5, 0.6) is 0 Å². The standard InChI is InChI=1S/C25H42N4O2/c1-5-22-9-6-7-13-28(22)14-8-12-26-23(30)17-21-10-15-29(16-11-21)25(31)24-19(3)18(2)20(4)27-24/h21-22,27H,5-17H2,1-4H3,(H,26,30)/t22-/m1/s1. The lowest BCUT2D eigenvalue weighted by molar-refractivity contribution is -0.122. The van der Waals surface area contributed by atoms with Gasteiger partial charge in [0.15, 0.2) is 0 Å². The van der Waals surface area contributed by atoms with Gasteiger partial charge in [-0.1, -0.05) is 13.3 Å². The number of carbonyl (C=O) groups is 2. The fraction of sp³-hybridized carbons (Fsp3) is 0.760. The summed E-state index contributed by atoms with van der Waals surface area (Å²) in [5, 5.41) is 3.13. The number of rotatable bonds is 8. The van der Waals surface area contributed by atoms with Gasteiger partial charge in [-0.05, 0) is 82.9 Å². The lowest BCUT2D eigenvalue weighted by Gasteiger charge is -2.35. The minimum Gasteiger partial charge on any atom is -0.356 e. The zero-order valence-electron chi connectivity index (χ0n) is 20.1. The second-order valence-corrected chi connectivity index (χ2v) is 9.61. The monoisotopic (exact) mass is 430 g/mol. The zero-order valence-corrected chi connectivity index (χ0v) is 20.1. The van der Waals surface area contributed by atoms with Gasteiger partial charge in [0.05, 0.1) is 0 Å². The SMILES string of the molecule is CC[C@@H]1CCCCN1CCCNC(=O)CC1CCN(C(=O)c2[nH]c(C)c(C)c2C)CC1. The van der Waals surface area contributed by atoms with Crippen molar-refractivity contribution in [3.05, 3.63) is 22.5 Å². The molecule has 0 spiro atoms. The number of piperidine rings is 2. The van der Waals surface area contributed by atoms with Crippen LogP contribution in [0.2, 0.25) is 0 Å². The predicted molar refractivity (Wildman–Crippen MR) is 125 cm³/mol. The highest BCUT2D eigenvalue weighted by atomic mass is 16.2. The maximum Gasteiger partial charge on any atom is 0.270 e. The number of carbonyl (C=O) groups excluding carboxylic acids is 2. The van der Waals surface area contributed by atoms with Crippen LogP contribution in [0.3, 0.4) is 0 Å². The van der Waals surface area contributed by atoms with Crippen LogP contribution in [0.15, 0.2) is 0 Å². The molecule has 2 aliphatic rings. The van der Waals surface area contributed by atoms with E-state index in [1.165, 1.54) is 37.8 Å². The fourth-order valence-electron chi connectivity index (χ4n) is 5.22. The topological polar surface area (TPSA) is 68.4 Å². The third-order valence-electron chi connectivity index (χ3n) is 7.57. The van der Waals surface area contributed by atoms with Gasteiger partial charge in [-0.3, -0.25) is 9.59 Å². The Morgan fingerprint density at radius 2 is 1.77 bits per heavy atom. The van der Waals surface area contributed by atoms with E-state index in [-0.39, 0.29) is 11.8 Å². The lowest BCUT2D eigenvalue weighted by atomic mass is 9.93. The summed E-state index contributed by atoms with van der Waals surface area (Å²) in [4.78, 5) is 33.1. The van der Waals surface area contributed by atoms with E-state index >= 15 is 0 Å². The molecular weight excluding hydrogens is 388 g/mol. The second-order valence-electron chi connectivity index (χ2n) is 9.61. The van der Waals surface area contributed by atoms with E-state index < -0.39 is 0 Å². The summed E-state index contributed by atoms with van der Waals surface area (Å²) in [5.41, 5.74) is 4.02. The highest BCUT2D eigenvalue weighted by molar-refractivity contribution is 5.94. The van der Waals surface area contributed by atoms with Crippen LogP contribution in [0, 0.1) is 26.7 Å². The van der Waals surface area contributed by atoms with Gasteiger partial charge >= 0.3 is 0 Å². The molecular formula is C25H42N4O2. The molecule has 3 heterocycles. The van der Waals surface area contributed by atoms with E-state index in [4.69, 9.17) is 0 Å². The normalized spacial score (nSPS) is 20.8. The first-order valence-electron chi connectivity index (χ1n) is 12.4. The average molecular weight is 431 g/mol. The number of H-pyrrole nitrogens is 1. The number of hydrogen-bond donors (Lipinski definition) is 2. The van der Waals surface area contributed by atoms with Gasteiger partial charge in [0.25, 0.3) is 5.91 Å². The third-order valence-corrected chi connectivity index (χ3v) is 7.57. The van der Waals surface area contributed by atoms with E-state index in [0.717, 1.165) is 68.4 Å². The number of hydrogen-bond acceptors (Lipinski definition) is 3. The Labute approximate surface area is 188 Å². The van der Waals surface area contributed by atoms with Crippen molar-refractivity contribution < 1.29 is 9.59 Å². The summed E-state index contributed by atoms with van der Waals surface area (Å²) in [6.07, 6.45) is 8.66. The number of nitrogens with one attached hydrogen (secondary N) is 2. The van der Waals surface area contributed by atoms with Gasteiger partial charge in [-0.2, -0.15) is 0 Å². The first kappa shape index (κ1) is 23.8. The highest BCUT2D eigenvalue weighted by Crippen LogP contribution is 2.24. The molecule has 174 valence electrons. The van der Waals surface area contributed by atoms with E-state index in [0.29, 0.717) is 12.3 Å². The quantitative estimate of drug-likeness (QED) is 0.614. The predicted octanol–water partition coefficient (Wildman–Crippen LogP) is 3.95. The van der Waals surface area contributed by atoms with Gasteiger partial charge in [-0.15, -0.1) is 0 Å². The Kier molecular flexibility index (Phi) is 8.58. The minimum atomic E-state index is 0.0969. The van der Waals surface area contributed by atoms with Crippen molar-refractivity contribution in [2.45, 2.75) is 85.1 Å². The van der Waals surface area contributed by atoms with Crippen LogP contribution in [0.25, 0.3) is 0 Å². The number of aromatic amines is 1. The van der Waals surface area contributed by atoms with Crippen molar-refractivity contribution in [3.8, 4) is 0 Å². The summed E-state index contributed by atoms with van der Waals surface area (Å²) in [6, 6.07) is 0.736. The summed E-state index contributed by atoms with van der Waals surface area (Å²) >= 11 is 0. The largest absolute Gasteiger partial charge is 0.356 e. The first-order chi connectivity index (χ1) is 14.9. The zero-order chi connectivity index (χ0) is 22.4. The third kappa shape index (κ3) is 6.12. The first-order valence-corrected chi connectivity index (χ1v) is 12.4. The number of nitrogens with zero attached hydrogens (tertiary/aromatic N) is 2. The molecule has 0 radical (unpaired) electrons. The minimum absolute atomic E-state index is 0.0969. The highest BCUT2D eigenvalue weighted by Gasteiger charge is 2.27. The summed E-state index contributed by atoms with van der Waals surface area (Å²) in [6.45, 7) is 12.9. The molecule has 31 heavy (non-hydrogen) atoms. The number of amides is 2. The van der Waals surface area contributed by atoms with Crippen molar-refractivity contribution in [2.24, 2.45) is 5.92 Å². The van der Waals surface area contributed by atoms with Crippen molar-refractivity contribution in [1.82, 2.24) is 20.1 Å². The van der Waals surface area contributed by atoms with E-state index in [1.54, 1.807) is 0 Å². The molecule has 2 saturated heterocycles. The van der Waals surface area contributed by atoms with Crippen molar-refractivity contribution in [3.63, 3.8) is 0 Å². The summed E-state index contributed by atoms with van der Waals surface area (Å²) in [7, 11) is 0. The van der Waals surface area contributed by atoms with Gasteiger partial charge in [0.1, 0.15) is 5.69 Å². The van der Waals surface area contributed by atoms with E-state index in [9.17, 15) is 9.59 Å². The second kappa shape index (κ2) is 11.2. The van der Waals surface area contributed by atoms with Crippen LogP contribution in [-0.4, -0.2) is 65.4 Å². The van der Waals surface area contributed by atoms with Crippen molar-refractivity contribution in [2.75, 3.05) is 32.7 Å². The molecule has 0 unspecified atom stereocenters. The summed E-state index contributed by atoms with van der Waals surface area (Å²) in [5.74, 6) is 0.644. The molecule has 2 N–H and O–H groups in total. The van der Waals surface area contributed by atoms with Crippen molar-refractivity contribution in [1.29, 1.82) is 0 Å². The molecule has 0 saturated carbocycles. The lowest BCUT2D eigenvalue weighted by Crippen LogP contribution is -2.41. The van der Waals surface area contributed by atoms with Crippen LogP contribution >= 0.6 is 0 Å². The molecule has 6 heteroatoms. The van der Waals surface area contributed by atoms with Gasteiger partial charge in [-0.25, -0.2) is 0 Å². The number of aryl methyl sites for hydroxylation is 1. The molecule has 0 aromatic carbocycles. The Morgan fingerprint density at radius 1 is 1.03 bits per heavy atom. The molecule has 2 amide bonds. The van der Waals surface area contributed by atoms with Crippen LogP contribution in [-0.2, 0) is 4.79 Å². The molecule has 2 fully saturated rings. The Bertz CT molecular complexity index is 749. The van der Waals surface area contributed by atoms with Gasteiger partial charge in [0.2, 0.25) is 5.91 Å². The maximum atomic E-state index is 12.9. The number of likely N-dealkylation sites (tertiary alicyclic amines) is 2. The fourth-order valence-corrected chi connectivity index (χ4v) is 5.22. The average Bonchev–Trinajstić information content (AvgIpc) is 3.04. The smallest absolute Gasteiger partial charge is 0.270 e. The Balaban J connectivity index is 1.34. The Morgan fingerprint density at radius 3 is 2.42 bits per heavy atom. The molecule has 3 rings (SSSR count). The van der Waals surface area contributed by atoms with Crippen molar-refractivity contribution >= 4 is 11.8 Å². The molecule has 1 aromatic rings. The van der Waals surface area contributed by atoms with Gasteiger partial charge < -0.3 is 20.1 Å². The maximum absolute atomic E-state index is 12.9. The molecule has 0 aliphatic carbocycles. The molecule has 0 bridgehead atoms. The molecule has 6 nitrogen and oxygen atoms in total. The van der Waals surface area contributed by atoms with Crippen LogP contribution in [0.1, 0.15) is 85.6 Å². The Hall–Kier alpha value is -1.82. The molecule has 2 aliphatic heterocycles. The number of aromatic nitrogens is 1. The van der Waals surface area contributed by atoms with E-state index in [2.05, 4.69) is 29.0 Å². The van der Waals surface area contributed by atoms with Crippen LogP contribution in [0.4, 0.5) is 0 Å².